The molecule has 0 spiro atoms. The Morgan fingerprint density at radius 1 is 0.818 bits per heavy atom. The summed E-state index contributed by atoms with van der Waals surface area (Å²) in [5.74, 6) is 0.883. The predicted octanol–water partition coefficient (Wildman–Crippen LogP) is 8.19. The first-order chi connectivity index (χ1) is 26.7. The van der Waals surface area contributed by atoms with Gasteiger partial charge in [-0.3, -0.25) is 9.69 Å². The summed E-state index contributed by atoms with van der Waals surface area (Å²) in [6, 6.07) is 26.0. The van der Waals surface area contributed by atoms with Crippen LogP contribution in [0.5, 0.6) is 5.75 Å². The first kappa shape index (κ1) is 39.2. The average molecular weight is 751 g/mol. The lowest BCUT2D eigenvalue weighted by molar-refractivity contribution is -0.138. The number of hydrogen-bond acceptors (Lipinski definition) is 7. The van der Waals surface area contributed by atoms with E-state index in [0.717, 1.165) is 67.9 Å². The first-order valence-electron chi connectivity index (χ1n) is 20.8. The standard InChI is InChI=1S/C46H62N4O5/c1-46(2,3)55-45(52)49-26-22-40(36-13-10-12-35(30-36)34-16-20-39(21-17-34)54-29-27-47-23-8-5-9-24-47)42(33-49)44(51)50(38-18-19-38)32-37-31-48(25-11-28-53-4)43-15-7-6-14-41(37)43/h6-7,10,12-17,20-21,30,37-38,40,42H,5,8-9,11,18-19,22-29,31-33H2,1-4H3/t37?,40-,42+/m1/s1. The minimum atomic E-state index is -0.610. The van der Waals surface area contributed by atoms with Crippen LogP contribution in [0.15, 0.2) is 72.8 Å². The van der Waals surface area contributed by atoms with Gasteiger partial charge in [0, 0.05) is 70.6 Å². The van der Waals surface area contributed by atoms with Crippen LogP contribution in [0.4, 0.5) is 10.5 Å². The second-order valence-electron chi connectivity index (χ2n) is 17.1. The Morgan fingerprint density at radius 2 is 1.60 bits per heavy atom. The van der Waals surface area contributed by atoms with E-state index in [9.17, 15) is 4.79 Å². The molecule has 3 fully saturated rings. The molecule has 296 valence electrons. The van der Waals surface area contributed by atoms with Crippen LogP contribution >= 0.6 is 0 Å². The zero-order valence-corrected chi connectivity index (χ0v) is 33.6. The van der Waals surface area contributed by atoms with Crippen LogP contribution in [0.1, 0.15) is 88.7 Å². The molecule has 4 aliphatic rings. The molecule has 3 atom stereocenters. The molecule has 0 radical (unpaired) electrons. The van der Waals surface area contributed by atoms with E-state index in [1.165, 1.54) is 43.6 Å². The van der Waals surface area contributed by atoms with Gasteiger partial charge in [0.1, 0.15) is 18.0 Å². The van der Waals surface area contributed by atoms with Gasteiger partial charge in [-0.05, 0) is 119 Å². The van der Waals surface area contributed by atoms with Crippen molar-refractivity contribution in [1.82, 2.24) is 14.7 Å². The molecule has 2 amide bonds. The zero-order valence-electron chi connectivity index (χ0n) is 33.6. The highest BCUT2D eigenvalue weighted by molar-refractivity contribution is 5.82. The van der Waals surface area contributed by atoms with E-state index in [0.29, 0.717) is 32.7 Å². The number of hydrogen-bond donors (Lipinski definition) is 0. The van der Waals surface area contributed by atoms with Crippen molar-refractivity contribution >= 4 is 17.7 Å². The third kappa shape index (κ3) is 10.0. The van der Waals surface area contributed by atoms with Gasteiger partial charge in [-0.1, -0.05) is 61.0 Å². The van der Waals surface area contributed by atoms with E-state index in [-0.39, 0.29) is 35.8 Å². The quantitative estimate of drug-likeness (QED) is 0.154. The van der Waals surface area contributed by atoms with E-state index < -0.39 is 5.60 Å². The van der Waals surface area contributed by atoms with Crippen molar-refractivity contribution in [3.8, 4) is 16.9 Å². The molecule has 7 rings (SSSR count). The smallest absolute Gasteiger partial charge is 0.410 e. The summed E-state index contributed by atoms with van der Waals surface area (Å²) >= 11 is 0. The van der Waals surface area contributed by atoms with E-state index in [1.54, 1.807) is 12.0 Å². The molecule has 9 nitrogen and oxygen atoms in total. The van der Waals surface area contributed by atoms with Crippen LogP contribution in [0.25, 0.3) is 11.1 Å². The Kier molecular flexibility index (Phi) is 12.7. The molecule has 0 bridgehead atoms. The molecule has 3 heterocycles. The van der Waals surface area contributed by atoms with Crippen molar-refractivity contribution < 1.29 is 23.8 Å². The summed E-state index contributed by atoms with van der Waals surface area (Å²) in [7, 11) is 1.75. The van der Waals surface area contributed by atoms with Crippen molar-refractivity contribution in [3.63, 3.8) is 0 Å². The Bertz CT molecular complexity index is 1730. The van der Waals surface area contributed by atoms with Gasteiger partial charge in [-0.15, -0.1) is 0 Å². The predicted molar refractivity (Wildman–Crippen MR) is 219 cm³/mol. The van der Waals surface area contributed by atoms with Crippen molar-refractivity contribution in [2.75, 3.05) is 77.6 Å². The first-order valence-corrected chi connectivity index (χ1v) is 20.8. The number of anilines is 1. The van der Waals surface area contributed by atoms with Gasteiger partial charge >= 0.3 is 6.09 Å². The van der Waals surface area contributed by atoms with Crippen molar-refractivity contribution in [2.45, 2.75) is 89.2 Å². The Labute approximate surface area is 328 Å². The number of benzene rings is 3. The number of likely N-dealkylation sites (tertiary alicyclic amines) is 2. The Balaban J connectivity index is 1.09. The van der Waals surface area contributed by atoms with E-state index in [4.69, 9.17) is 14.2 Å². The molecule has 1 aliphatic carbocycles. The molecule has 2 saturated heterocycles. The fraction of sp³-hybridized carbons (Fsp3) is 0.565. The monoisotopic (exact) mass is 750 g/mol. The summed E-state index contributed by atoms with van der Waals surface area (Å²) in [6.07, 6.45) is 7.28. The highest BCUT2D eigenvalue weighted by atomic mass is 16.6. The lowest BCUT2D eigenvalue weighted by Gasteiger charge is -2.41. The number of piperidine rings is 2. The third-order valence-electron chi connectivity index (χ3n) is 11.8. The van der Waals surface area contributed by atoms with Crippen LogP contribution in [-0.2, 0) is 14.3 Å². The lowest BCUT2D eigenvalue weighted by Crippen LogP contribution is -2.51. The summed E-state index contributed by atoms with van der Waals surface area (Å²) in [4.78, 5) is 37.5. The summed E-state index contributed by atoms with van der Waals surface area (Å²) < 4.78 is 17.3. The molecule has 3 aromatic carbocycles. The maximum atomic E-state index is 15.1. The van der Waals surface area contributed by atoms with Crippen molar-refractivity contribution in [1.29, 1.82) is 0 Å². The largest absolute Gasteiger partial charge is 0.492 e. The molecule has 3 aromatic rings. The number of amides is 2. The topological polar surface area (TPSA) is 74.8 Å². The van der Waals surface area contributed by atoms with Crippen molar-refractivity contribution in [2.24, 2.45) is 5.92 Å². The molecule has 1 unspecified atom stereocenters. The lowest BCUT2D eigenvalue weighted by atomic mass is 9.78. The molecule has 55 heavy (non-hydrogen) atoms. The van der Waals surface area contributed by atoms with Gasteiger partial charge in [-0.2, -0.15) is 0 Å². The number of ether oxygens (including phenoxy) is 3. The van der Waals surface area contributed by atoms with E-state index in [2.05, 4.69) is 87.5 Å². The highest BCUT2D eigenvalue weighted by Crippen LogP contribution is 2.42. The number of carbonyl (C=O) groups is 2. The third-order valence-corrected chi connectivity index (χ3v) is 11.8. The minimum Gasteiger partial charge on any atom is -0.492 e. The molecule has 1 saturated carbocycles. The van der Waals surface area contributed by atoms with Gasteiger partial charge in [0.15, 0.2) is 0 Å². The molecule has 0 N–H and O–H groups in total. The summed E-state index contributed by atoms with van der Waals surface area (Å²) in [5.41, 5.74) is 5.36. The number of rotatable bonds is 14. The van der Waals surface area contributed by atoms with Gasteiger partial charge < -0.3 is 28.9 Å². The highest BCUT2D eigenvalue weighted by Gasteiger charge is 2.45. The van der Waals surface area contributed by atoms with Gasteiger partial charge in [-0.25, -0.2) is 4.79 Å². The van der Waals surface area contributed by atoms with Crippen LogP contribution in [-0.4, -0.2) is 111 Å². The number of fused-ring (bicyclic) bond motifs is 1. The second kappa shape index (κ2) is 17.8. The van der Waals surface area contributed by atoms with Crippen molar-refractivity contribution in [3.05, 3.63) is 83.9 Å². The number of methoxy groups -OCH3 is 1. The number of carbonyl (C=O) groups excluding carboxylic acids is 2. The van der Waals surface area contributed by atoms with Crippen LogP contribution < -0.4 is 9.64 Å². The fourth-order valence-corrected chi connectivity index (χ4v) is 8.87. The van der Waals surface area contributed by atoms with Gasteiger partial charge in [0.05, 0.1) is 5.92 Å². The molecular formula is C46H62N4O5. The minimum absolute atomic E-state index is 0.0220. The molecule has 3 aliphatic heterocycles. The number of para-hydroxylation sites is 1. The van der Waals surface area contributed by atoms with Crippen LogP contribution in [0, 0.1) is 5.92 Å². The Hall–Kier alpha value is -4.08. The van der Waals surface area contributed by atoms with E-state index in [1.807, 2.05) is 20.8 Å². The number of nitrogens with zero attached hydrogens (tertiary/aromatic N) is 4. The average Bonchev–Trinajstić information content (AvgIpc) is 3.98. The van der Waals surface area contributed by atoms with Gasteiger partial charge in [0.2, 0.25) is 5.91 Å². The maximum absolute atomic E-state index is 15.1. The molecule has 9 heteroatoms. The maximum Gasteiger partial charge on any atom is 0.410 e. The molecular weight excluding hydrogens is 689 g/mol. The zero-order chi connectivity index (χ0) is 38.4. The Morgan fingerprint density at radius 3 is 2.35 bits per heavy atom. The molecule has 0 aromatic heterocycles. The summed E-state index contributed by atoms with van der Waals surface area (Å²) in [6.45, 7) is 13.8. The summed E-state index contributed by atoms with van der Waals surface area (Å²) in [5, 5.41) is 0. The second-order valence-corrected chi connectivity index (χ2v) is 17.1. The van der Waals surface area contributed by atoms with Crippen LogP contribution in [0.3, 0.4) is 0 Å². The SMILES string of the molecule is COCCCN1CC(CN(C(=O)[C@H]2CN(C(=O)OC(C)(C)C)CC[C@@H]2c2cccc(-c3ccc(OCCN4CCCCC4)cc3)c2)C2CC2)c2ccccc21. The van der Waals surface area contributed by atoms with Crippen LogP contribution in [0.2, 0.25) is 0 Å². The van der Waals surface area contributed by atoms with E-state index >= 15 is 4.79 Å². The normalized spacial score (nSPS) is 21.6. The van der Waals surface area contributed by atoms with Gasteiger partial charge in [0.25, 0.3) is 0 Å². The fourth-order valence-electron chi connectivity index (χ4n) is 8.87.